The lowest BCUT2D eigenvalue weighted by Gasteiger charge is -2.41. The average Bonchev–Trinajstić information content (AvgIpc) is 2.64. The summed E-state index contributed by atoms with van der Waals surface area (Å²) in [6.45, 7) is 3.16. The molecule has 0 bridgehead atoms. The smallest absolute Gasteiger partial charge is 0.407 e. The molecule has 2 rings (SSSR count). The lowest BCUT2D eigenvalue weighted by Crippen LogP contribution is -2.64. The van der Waals surface area contributed by atoms with Crippen LogP contribution in [0.5, 0.6) is 0 Å². The number of hydrogen-bond donors (Lipinski definition) is 4. The van der Waals surface area contributed by atoms with Gasteiger partial charge >= 0.3 is 6.09 Å². The van der Waals surface area contributed by atoms with E-state index in [9.17, 15) is 20.1 Å². The van der Waals surface area contributed by atoms with E-state index in [1.807, 2.05) is 18.2 Å². The molecule has 1 heterocycles. The SMILES string of the molecule is C=CCO[C@H]1O[C@H](CO)[C@@H](O)[C@H](O)[C@@H]1NC(=O)OCc1ccccc1. The summed E-state index contributed by atoms with van der Waals surface area (Å²) in [5.41, 5.74) is 0.804. The molecule has 1 saturated heterocycles. The first-order valence-electron chi connectivity index (χ1n) is 7.89. The lowest BCUT2D eigenvalue weighted by atomic mass is 9.97. The van der Waals surface area contributed by atoms with E-state index in [-0.39, 0.29) is 13.2 Å². The van der Waals surface area contributed by atoms with Gasteiger partial charge in [-0.1, -0.05) is 36.4 Å². The van der Waals surface area contributed by atoms with Crippen LogP contribution in [0.1, 0.15) is 5.56 Å². The molecule has 0 unspecified atom stereocenters. The van der Waals surface area contributed by atoms with Crippen LogP contribution in [0.4, 0.5) is 4.79 Å². The third-order valence-electron chi connectivity index (χ3n) is 3.76. The van der Waals surface area contributed by atoms with Crippen LogP contribution < -0.4 is 5.32 Å². The van der Waals surface area contributed by atoms with Gasteiger partial charge in [-0.3, -0.25) is 0 Å². The monoisotopic (exact) mass is 353 g/mol. The largest absolute Gasteiger partial charge is 0.445 e. The fraction of sp³-hybridized carbons (Fsp3) is 0.471. The first-order chi connectivity index (χ1) is 12.1. The Hall–Kier alpha value is -1.97. The maximum Gasteiger partial charge on any atom is 0.407 e. The molecule has 1 aliphatic heterocycles. The van der Waals surface area contributed by atoms with Crippen molar-refractivity contribution in [1.82, 2.24) is 5.32 Å². The van der Waals surface area contributed by atoms with E-state index in [0.29, 0.717) is 0 Å². The highest BCUT2D eigenvalue weighted by Crippen LogP contribution is 2.22. The van der Waals surface area contributed by atoms with Crippen molar-refractivity contribution in [3.05, 3.63) is 48.6 Å². The molecule has 0 saturated carbocycles. The Labute approximate surface area is 145 Å². The van der Waals surface area contributed by atoms with E-state index in [2.05, 4.69) is 11.9 Å². The van der Waals surface area contributed by atoms with Crippen LogP contribution in [0.2, 0.25) is 0 Å². The van der Waals surface area contributed by atoms with E-state index < -0.39 is 43.3 Å². The quantitative estimate of drug-likeness (QED) is 0.507. The number of aliphatic hydroxyl groups excluding tert-OH is 3. The predicted octanol–water partition coefficient (Wildman–Crippen LogP) is -0.0770. The Bertz CT molecular complexity index is 553. The van der Waals surface area contributed by atoms with E-state index in [0.717, 1.165) is 5.56 Å². The number of alkyl carbamates (subject to hydrolysis) is 1. The van der Waals surface area contributed by atoms with Gasteiger partial charge in [0.2, 0.25) is 0 Å². The minimum absolute atomic E-state index is 0.0519. The van der Waals surface area contributed by atoms with Crippen LogP contribution in [0.25, 0.3) is 0 Å². The highest BCUT2D eigenvalue weighted by Gasteiger charge is 2.45. The third-order valence-corrected chi connectivity index (χ3v) is 3.76. The van der Waals surface area contributed by atoms with Gasteiger partial charge in [0, 0.05) is 0 Å². The minimum atomic E-state index is -1.40. The zero-order valence-electron chi connectivity index (χ0n) is 13.7. The Morgan fingerprint density at radius 3 is 2.64 bits per heavy atom. The summed E-state index contributed by atoms with van der Waals surface area (Å²) in [7, 11) is 0. The summed E-state index contributed by atoms with van der Waals surface area (Å²) in [5, 5.41) is 31.8. The van der Waals surface area contributed by atoms with Gasteiger partial charge in [-0.25, -0.2) is 4.79 Å². The van der Waals surface area contributed by atoms with Crippen LogP contribution in [0.3, 0.4) is 0 Å². The molecule has 1 aromatic rings. The summed E-state index contributed by atoms with van der Waals surface area (Å²) in [5.74, 6) is 0. The number of carbonyl (C=O) groups is 1. The summed E-state index contributed by atoms with van der Waals surface area (Å²) in [6.07, 6.45) is -4.20. The van der Waals surface area contributed by atoms with Gasteiger partial charge in [0.25, 0.3) is 0 Å². The maximum absolute atomic E-state index is 12.0. The molecule has 0 spiro atoms. The van der Waals surface area contributed by atoms with Crippen LogP contribution in [-0.4, -0.2) is 65.3 Å². The second-order valence-corrected chi connectivity index (χ2v) is 5.56. The zero-order valence-corrected chi connectivity index (χ0v) is 13.7. The first kappa shape index (κ1) is 19.4. The predicted molar refractivity (Wildman–Crippen MR) is 87.5 cm³/mol. The zero-order chi connectivity index (χ0) is 18.2. The van der Waals surface area contributed by atoms with E-state index in [4.69, 9.17) is 14.2 Å². The van der Waals surface area contributed by atoms with Crippen LogP contribution in [0.15, 0.2) is 43.0 Å². The van der Waals surface area contributed by atoms with Gasteiger partial charge < -0.3 is 34.8 Å². The second kappa shape index (κ2) is 9.50. The molecular weight excluding hydrogens is 330 g/mol. The molecule has 1 aromatic carbocycles. The highest BCUT2D eigenvalue weighted by molar-refractivity contribution is 5.67. The van der Waals surface area contributed by atoms with Crippen LogP contribution in [0, 0.1) is 0 Å². The number of rotatable bonds is 7. The molecule has 0 aromatic heterocycles. The summed E-state index contributed by atoms with van der Waals surface area (Å²) < 4.78 is 15.9. The van der Waals surface area contributed by atoms with Crippen molar-refractivity contribution >= 4 is 6.09 Å². The number of amides is 1. The second-order valence-electron chi connectivity index (χ2n) is 5.56. The number of carbonyl (C=O) groups excluding carboxylic acids is 1. The fourth-order valence-corrected chi connectivity index (χ4v) is 2.44. The van der Waals surface area contributed by atoms with Crippen molar-refractivity contribution in [1.29, 1.82) is 0 Å². The van der Waals surface area contributed by atoms with Crippen molar-refractivity contribution in [3.63, 3.8) is 0 Å². The van der Waals surface area contributed by atoms with E-state index >= 15 is 0 Å². The topological polar surface area (TPSA) is 117 Å². The highest BCUT2D eigenvalue weighted by atomic mass is 16.7. The van der Waals surface area contributed by atoms with Crippen molar-refractivity contribution in [2.75, 3.05) is 13.2 Å². The van der Waals surface area contributed by atoms with E-state index in [1.165, 1.54) is 6.08 Å². The molecule has 0 aliphatic carbocycles. The number of hydrogen-bond acceptors (Lipinski definition) is 7. The number of ether oxygens (including phenoxy) is 3. The van der Waals surface area contributed by atoms with Crippen molar-refractivity contribution in [2.45, 2.75) is 37.3 Å². The number of aliphatic hydroxyl groups is 3. The lowest BCUT2D eigenvalue weighted by molar-refractivity contribution is -0.266. The van der Waals surface area contributed by atoms with Gasteiger partial charge in [0.05, 0.1) is 13.2 Å². The molecule has 1 fully saturated rings. The van der Waals surface area contributed by atoms with Gasteiger partial charge in [-0.15, -0.1) is 6.58 Å². The molecule has 8 heteroatoms. The van der Waals surface area contributed by atoms with Crippen LogP contribution in [-0.2, 0) is 20.8 Å². The molecule has 0 radical (unpaired) electrons. The van der Waals surface area contributed by atoms with Gasteiger partial charge in [-0.05, 0) is 5.56 Å². The van der Waals surface area contributed by atoms with Gasteiger partial charge in [-0.2, -0.15) is 0 Å². The molecule has 1 aliphatic rings. The molecule has 8 nitrogen and oxygen atoms in total. The molecular formula is C17H23NO7. The molecule has 5 atom stereocenters. The minimum Gasteiger partial charge on any atom is -0.445 e. The first-order valence-corrected chi connectivity index (χ1v) is 7.89. The molecule has 25 heavy (non-hydrogen) atoms. The Balaban J connectivity index is 1.97. The Kier molecular flexibility index (Phi) is 7.35. The Morgan fingerprint density at radius 1 is 1.28 bits per heavy atom. The maximum atomic E-state index is 12.0. The standard InChI is InChI=1S/C17H23NO7/c1-2-8-23-16-13(15(21)14(20)12(9-19)25-16)18-17(22)24-10-11-6-4-3-5-7-11/h2-7,12-16,19-21H,1,8-10H2,(H,18,22)/t12-,13+,14-,15-,16+/m1/s1. The normalized spacial score (nSPS) is 29.0. The van der Waals surface area contributed by atoms with Crippen molar-refractivity contribution in [2.24, 2.45) is 0 Å². The fourth-order valence-electron chi connectivity index (χ4n) is 2.44. The van der Waals surface area contributed by atoms with Crippen molar-refractivity contribution in [3.8, 4) is 0 Å². The number of benzene rings is 1. The molecule has 138 valence electrons. The van der Waals surface area contributed by atoms with E-state index in [1.54, 1.807) is 12.1 Å². The molecule has 1 amide bonds. The third kappa shape index (κ3) is 5.25. The number of nitrogens with one attached hydrogen (secondary N) is 1. The molecule has 4 N–H and O–H groups in total. The summed E-state index contributed by atoms with van der Waals surface area (Å²) >= 11 is 0. The Morgan fingerprint density at radius 2 is 2.00 bits per heavy atom. The summed E-state index contributed by atoms with van der Waals surface area (Å²) in [6, 6.07) is 8.02. The summed E-state index contributed by atoms with van der Waals surface area (Å²) in [4.78, 5) is 12.0. The van der Waals surface area contributed by atoms with Gasteiger partial charge in [0.1, 0.15) is 31.0 Å². The van der Waals surface area contributed by atoms with Crippen LogP contribution >= 0.6 is 0 Å². The average molecular weight is 353 g/mol. The van der Waals surface area contributed by atoms with Crippen molar-refractivity contribution < 1.29 is 34.3 Å². The van der Waals surface area contributed by atoms with Gasteiger partial charge in [0.15, 0.2) is 6.29 Å².